The Morgan fingerprint density at radius 1 is 1.12 bits per heavy atom. The third-order valence-corrected chi connectivity index (χ3v) is 3.23. The van der Waals surface area contributed by atoms with Gasteiger partial charge < -0.3 is 4.42 Å². The number of halogens is 1. The van der Waals surface area contributed by atoms with Gasteiger partial charge in [-0.3, -0.25) is 0 Å². The number of benzene rings is 1. The largest absolute Gasteiger partial charge is 0.462 e. The van der Waals surface area contributed by atoms with Crippen LogP contribution in [0.4, 0.5) is 4.39 Å². The van der Waals surface area contributed by atoms with Crippen LogP contribution >= 0.6 is 11.3 Å². The topological polar surface area (TPSA) is 26.0 Å². The van der Waals surface area contributed by atoms with E-state index in [0.717, 1.165) is 22.0 Å². The molecule has 3 rings (SSSR count). The zero-order valence-corrected chi connectivity index (χ0v) is 9.58. The second kappa shape index (κ2) is 4.14. The van der Waals surface area contributed by atoms with Gasteiger partial charge in [-0.2, -0.15) is 0 Å². The van der Waals surface area contributed by atoms with Crippen LogP contribution in [0.15, 0.2) is 52.5 Å². The van der Waals surface area contributed by atoms with Crippen molar-refractivity contribution < 1.29 is 8.81 Å². The molecule has 0 bridgehead atoms. The summed E-state index contributed by atoms with van der Waals surface area (Å²) in [5.41, 5.74) is 1.74. The maximum atomic E-state index is 12.8. The van der Waals surface area contributed by atoms with Crippen molar-refractivity contribution >= 4 is 11.3 Å². The molecule has 1 aromatic carbocycles. The van der Waals surface area contributed by atoms with Crippen LogP contribution in [0.25, 0.3) is 22.0 Å². The van der Waals surface area contributed by atoms with Gasteiger partial charge in [-0.05, 0) is 36.4 Å². The second-order valence-corrected chi connectivity index (χ2v) is 4.38. The minimum absolute atomic E-state index is 0.241. The Morgan fingerprint density at radius 2 is 1.94 bits per heavy atom. The summed E-state index contributed by atoms with van der Waals surface area (Å²) in [6.07, 6.45) is 1.62. The van der Waals surface area contributed by atoms with Gasteiger partial charge in [0.2, 0.25) is 0 Å². The average molecular weight is 245 g/mol. The Bertz CT molecular complexity index is 613. The summed E-state index contributed by atoms with van der Waals surface area (Å²) in [7, 11) is 0. The first-order valence-corrected chi connectivity index (χ1v) is 5.96. The molecule has 4 heteroatoms. The molecule has 0 N–H and O–H groups in total. The number of rotatable bonds is 2. The lowest BCUT2D eigenvalue weighted by molar-refractivity contribution is 0.582. The zero-order valence-electron chi connectivity index (χ0n) is 8.76. The fraction of sp³-hybridized carbons (Fsp3) is 0. The van der Waals surface area contributed by atoms with E-state index in [0.29, 0.717) is 0 Å². The summed E-state index contributed by atoms with van der Waals surface area (Å²) in [4.78, 5) is 4.45. The lowest BCUT2D eigenvalue weighted by atomic mass is 10.2. The molecular formula is C13H8FNOS. The lowest BCUT2D eigenvalue weighted by Gasteiger charge is -1.95. The molecule has 0 unspecified atom stereocenters. The highest BCUT2D eigenvalue weighted by Crippen LogP contribution is 2.28. The minimum atomic E-state index is -0.241. The quantitative estimate of drug-likeness (QED) is 0.676. The van der Waals surface area contributed by atoms with Crippen LogP contribution < -0.4 is 0 Å². The Balaban J connectivity index is 1.98. The maximum Gasteiger partial charge on any atom is 0.162 e. The van der Waals surface area contributed by atoms with E-state index in [2.05, 4.69) is 4.98 Å². The summed E-state index contributed by atoms with van der Waals surface area (Å²) >= 11 is 1.51. The van der Waals surface area contributed by atoms with Gasteiger partial charge in [0.1, 0.15) is 5.82 Å². The summed E-state index contributed by atoms with van der Waals surface area (Å²) in [5, 5.41) is 2.76. The fourth-order valence-corrected chi connectivity index (χ4v) is 2.34. The molecule has 0 aliphatic heterocycles. The van der Waals surface area contributed by atoms with E-state index < -0.39 is 0 Å². The molecular weight excluding hydrogens is 237 g/mol. The first kappa shape index (κ1) is 10.2. The fourth-order valence-electron chi connectivity index (χ4n) is 1.54. The normalized spacial score (nSPS) is 10.6. The molecule has 0 spiro atoms. The van der Waals surface area contributed by atoms with Gasteiger partial charge in [-0.1, -0.05) is 0 Å². The molecule has 0 radical (unpaired) electrons. The van der Waals surface area contributed by atoms with E-state index in [4.69, 9.17) is 4.42 Å². The third-order valence-electron chi connectivity index (χ3n) is 2.38. The van der Waals surface area contributed by atoms with Gasteiger partial charge >= 0.3 is 0 Å². The Kier molecular flexibility index (Phi) is 2.49. The maximum absolute atomic E-state index is 12.8. The van der Waals surface area contributed by atoms with Gasteiger partial charge in [0.15, 0.2) is 10.8 Å². The molecule has 84 valence electrons. The smallest absolute Gasteiger partial charge is 0.162 e. The van der Waals surface area contributed by atoms with Crippen LogP contribution in [0.2, 0.25) is 0 Å². The molecule has 17 heavy (non-hydrogen) atoms. The molecule has 2 heterocycles. The number of thiazole rings is 1. The van der Waals surface area contributed by atoms with Gasteiger partial charge in [0.25, 0.3) is 0 Å². The summed E-state index contributed by atoms with van der Waals surface area (Å²) in [6.45, 7) is 0. The number of hydrogen-bond donors (Lipinski definition) is 0. The van der Waals surface area contributed by atoms with Gasteiger partial charge in [-0.25, -0.2) is 9.37 Å². The van der Waals surface area contributed by atoms with Crippen molar-refractivity contribution in [1.82, 2.24) is 4.98 Å². The molecule has 0 saturated carbocycles. The highest BCUT2D eigenvalue weighted by atomic mass is 32.1. The van der Waals surface area contributed by atoms with Crippen molar-refractivity contribution in [2.75, 3.05) is 0 Å². The molecule has 0 saturated heterocycles. The van der Waals surface area contributed by atoms with Crippen molar-refractivity contribution in [2.24, 2.45) is 0 Å². The van der Waals surface area contributed by atoms with Crippen molar-refractivity contribution in [3.05, 3.63) is 53.9 Å². The summed E-state index contributed by atoms with van der Waals surface area (Å²) in [6, 6.07) is 10.00. The lowest BCUT2D eigenvalue weighted by Crippen LogP contribution is -1.79. The third kappa shape index (κ3) is 1.99. The first-order chi connectivity index (χ1) is 8.33. The highest BCUT2D eigenvalue weighted by molar-refractivity contribution is 7.13. The molecule has 2 aromatic heterocycles. The standard InChI is InChI=1S/C13H8FNOS/c14-10-5-3-9(4-6-10)11-8-17-13(15-11)12-2-1-7-16-12/h1-8H. The van der Waals surface area contributed by atoms with Crippen molar-refractivity contribution in [2.45, 2.75) is 0 Å². The number of furan rings is 1. The molecule has 0 aliphatic carbocycles. The van der Waals surface area contributed by atoms with E-state index >= 15 is 0 Å². The Hall–Kier alpha value is -1.94. The number of aromatic nitrogens is 1. The molecule has 0 atom stereocenters. The minimum Gasteiger partial charge on any atom is -0.462 e. The second-order valence-electron chi connectivity index (χ2n) is 3.52. The monoisotopic (exact) mass is 245 g/mol. The van der Waals surface area contributed by atoms with Gasteiger partial charge in [-0.15, -0.1) is 11.3 Å². The van der Waals surface area contributed by atoms with Gasteiger partial charge in [0.05, 0.1) is 12.0 Å². The van der Waals surface area contributed by atoms with Crippen molar-refractivity contribution in [1.29, 1.82) is 0 Å². The van der Waals surface area contributed by atoms with Crippen molar-refractivity contribution in [3.63, 3.8) is 0 Å². The van der Waals surface area contributed by atoms with E-state index in [1.165, 1.54) is 23.5 Å². The van der Waals surface area contributed by atoms with Gasteiger partial charge in [0, 0.05) is 10.9 Å². The average Bonchev–Trinajstić information content (AvgIpc) is 3.00. The molecule has 0 fully saturated rings. The molecule has 2 nitrogen and oxygen atoms in total. The molecule has 0 aliphatic rings. The number of nitrogens with zero attached hydrogens (tertiary/aromatic N) is 1. The predicted octanol–water partition coefficient (Wildman–Crippen LogP) is 4.21. The summed E-state index contributed by atoms with van der Waals surface area (Å²) in [5.74, 6) is 0.513. The Labute approximate surface area is 101 Å². The first-order valence-electron chi connectivity index (χ1n) is 5.08. The van der Waals surface area contributed by atoms with Crippen LogP contribution in [0.5, 0.6) is 0 Å². The molecule has 0 amide bonds. The summed E-state index contributed by atoms with van der Waals surface area (Å²) < 4.78 is 18.1. The zero-order chi connectivity index (χ0) is 11.7. The predicted molar refractivity (Wildman–Crippen MR) is 65.2 cm³/mol. The van der Waals surface area contributed by atoms with Crippen molar-refractivity contribution in [3.8, 4) is 22.0 Å². The van der Waals surface area contributed by atoms with Crippen LogP contribution in [0.1, 0.15) is 0 Å². The van der Waals surface area contributed by atoms with E-state index in [1.54, 1.807) is 18.4 Å². The Morgan fingerprint density at radius 3 is 2.65 bits per heavy atom. The van der Waals surface area contributed by atoms with Crippen LogP contribution in [0, 0.1) is 5.82 Å². The number of hydrogen-bond acceptors (Lipinski definition) is 3. The highest BCUT2D eigenvalue weighted by Gasteiger charge is 2.08. The van der Waals surface area contributed by atoms with E-state index in [-0.39, 0.29) is 5.82 Å². The van der Waals surface area contributed by atoms with Crippen LogP contribution in [-0.2, 0) is 0 Å². The van der Waals surface area contributed by atoms with Crippen LogP contribution in [0.3, 0.4) is 0 Å². The van der Waals surface area contributed by atoms with E-state index in [9.17, 15) is 4.39 Å². The SMILES string of the molecule is Fc1ccc(-c2csc(-c3ccco3)n2)cc1. The molecule has 3 aromatic rings. The van der Waals surface area contributed by atoms with E-state index in [1.807, 2.05) is 17.5 Å². The van der Waals surface area contributed by atoms with Crippen LogP contribution in [-0.4, -0.2) is 4.98 Å².